The third-order valence-corrected chi connectivity index (χ3v) is 3.45. The molecule has 0 saturated heterocycles. The van der Waals surface area contributed by atoms with Gasteiger partial charge in [0.05, 0.1) is 11.1 Å². The van der Waals surface area contributed by atoms with Crippen molar-refractivity contribution >= 4 is 5.97 Å². The molecule has 0 spiro atoms. The normalized spacial score (nSPS) is 11.7. The van der Waals surface area contributed by atoms with Gasteiger partial charge in [-0.3, -0.25) is 0 Å². The number of hydrogen-bond donors (Lipinski definition) is 1. The van der Waals surface area contributed by atoms with Crippen molar-refractivity contribution in [3.63, 3.8) is 0 Å². The Balaban J connectivity index is 2.63. The molecule has 0 amide bonds. The number of carboxylic acid groups (broad SMARTS) is 1. The van der Waals surface area contributed by atoms with Gasteiger partial charge >= 0.3 is 12.1 Å². The van der Waals surface area contributed by atoms with Crippen LogP contribution in [-0.2, 0) is 6.18 Å². The number of carboxylic acids is 1. The fourth-order valence-corrected chi connectivity index (χ4v) is 2.38. The predicted molar refractivity (Wildman–Crippen MR) is 77.9 cm³/mol. The fraction of sp³-hybridized carbons (Fsp3) is 0.235. The van der Waals surface area contributed by atoms with Crippen molar-refractivity contribution in [3.8, 4) is 11.1 Å². The highest BCUT2D eigenvalue weighted by atomic mass is 19.4. The minimum absolute atomic E-state index is 0.0524. The van der Waals surface area contributed by atoms with Crippen LogP contribution in [0.4, 0.5) is 13.2 Å². The maximum absolute atomic E-state index is 12.6. The average Bonchev–Trinajstić information content (AvgIpc) is 2.45. The lowest BCUT2D eigenvalue weighted by Crippen LogP contribution is -2.06. The van der Waals surface area contributed by atoms with Gasteiger partial charge in [-0.2, -0.15) is 13.2 Å². The lowest BCUT2D eigenvalue weighted by molar-refractivity contribution is -0.137. The highest BCUT2D eigenvalue weighted by molar-refractivity contribution is 5.97. The summed E-state index contributed by atoms with van der Waals surface area (Å²) in [7, 11) is 0. The van der Waals surface area contributed by atoms with Gasteiger partial charge in [0.2, 0.25) is 0 Å². The molecule has 0 heterocycles. The molecular weight excluding hydrogens is 293 g/mol. The quantitative estimate of drug-likeness (QED) is 0.846. The van der Waals surface area contributed by atoms with E-state index in [1.165, 1.54) is 18.2 Å². The fourth-order valence-electron chi connectivity index (χ4n) is 2.38. The molecule has 5 heteroatoms. The van der Waals surface area contributed by atoms with E-state index in [-0.39, 0.29) is 11.5 Å². The molecule has 2 aromatic carbocycles. The van der Waals surface area contributed by atoms with Crippen LogP contribution in [0.1, 0.15) is 41.3 Å². The number of alkyl halides is 3. The maximum atomic E-state index is 12.6. The smallest absolute Gasteiger partial charge is 0.416 e. The van der Waals surface area contributed by atoms with Gasteiger partial charge in [0.1, 0.15) is 0 Å². The summed E-state index contributed by atoms with van der Waals surface area (Å²) in [6.07, 6.45) is -4.41. The summed E-state index contributed by atoms with van der Waals surface area (Å²) in [5.74, 6) is -1.05. The largest absolute Gasteiger partial charge is 0.478 e. The zero-order chi connectivity index (χ0) is 16.5. The standard InChI is InChI=1S/C17H15F3O2/c1-10(2)13-4-3-5-14(16(21)22)15(13)11-6-8-12(9-7-11)17(18,19)20/h3-10H,1-2H3,(H,21,22). The van der Waals surface area contributed by atoms with E-state index in [4.69, 9.17) is 0 Å². The first kappa shape index (κ1) is 16.1. The summed E-state index contributed by atoms with van der Waals surface area (Å²) in [6, 6.07) is 9.47. The van der Waals surface area contributed by atoms with Gasteiger partial charge in [0, 0.05) is 0 Å². The molecule has 0 aliphatic carbocycles. The third-order valence-electron chi connectivity index (χ3n) is 3.45. The zero-order valence-electron chi connectivity index (χ0n) is 12.1. The molecule has 0 atom stereocenters. The van der Waals surface area contributed by atoms with E-state index >= 15 is 0 Å². The van der Waals surface area contributed by atoms with E-state index in [0.29, 0.717) is 11.1 Å². The SMILES string of the molecule is CC(C)c1cccc(C(=O)O)c1-c1ccc(C(F)(F)F)cc1. The summed E-state index contributed by atoms with van der Waals surface area (Å²) in [4.78, 5) is 11.4. The number of carbonyl (C=O) groups is 1. The van der Waals surface area contributed by atoms with Gasteiger partial charge < -0.3 is 5.11 Å². The van der Waals surface area contributed by atoms with Gasteiger partial charge in [-0.1, -0.05) is 38.1 Å². The van der Waals surface area contributed by atoms with Crippen LogP contribution in [0.5, 0.6) is 0 Å². The number of halogens is 3. The van der Waals surface area contributed by atoms with Crippen molar-refractivity contribution in [1.29, 1.82) is 0 Å². The summed E-state index contributed by atoms with van der Waals surface area (Å²) >= 11 is 0. The Kier molecular flexibility index (Phi) is 4.26. The van der Waals surface area contributed by atoms with E-state index in [2.05, 4.69) is 0 Å². The Morgan fingerprint density at radius 2 is 1.64 bits per heavy atom. The molecule has 0 aliphatic rings. The highest BCUT2D eigenvalue weighted by Gasteiger charge is 2.30. The Morgan fingerprint density at radius 3 is 2.09 bits per heavy atom. The Labute approximate surface area is 126 Å². The molecule has 1 N–H and O–H groups in total. The number of aromatic carboxylic acids is 1. The Morgan fingerprint density at radius 1 is 1.05 bits per heavy atom. The van der Waals surface area contributed by atoms with Crippen LogP contribution in [0.2, 0.25) is 0 Å². The molecule has 0 fully saturated rings. The van der Waals surface area contributed by atoms with Gasteiger partial charge in [-0.05, 0) is 40.8 Å². The van der Waals surface area contributed by atoms with Crippen LogP contribution in [0, 0.1) is 0 Å². The van der Waals surface area contributed by atoms with Gasteiger partial charge in [0.15, 0.2) is 0 Å². The molecule has 0 bridgehead atoms. The molecular formula is C17H15F3O2. The summed E-state index contributed by atoms with van der Waals surface area (Å²) in [6.45, 7) is 3.82. The van der Waals surface area contributed by atoms with Crippen molar-refractivity contribution in [2.24, 2.45) is 0 Å². The summed E-state index contributed by atoms with van der Waals surface area (Å²) < 4.78 is 37.9. The van der Waals surface area contributed by atoms with Crippen LogP contribution < -0.4 is 0 Å². The molecule has 0 unspecified atom stereocenters. The first-order valence-electron chi connectivity index (χ1n) is 6.75. The molecule has 0 aromatic heterocycles. The van der Waals surface area contributed by atoms with E-state index in [1.54, 1.807) is 12.1 Å². The first-order chi connectivity index (χ1) is 10.2. The second-order valence-electron chi connectivity index (χ2n) is 5.30. The van der Waals surface area contributed by atoms with Crippen LogP contribution in [0.3, 0.4) is 0 Å². The lowest BCUT2D eigenvalue weighted by Gasteiger charge is -2.16. The Hall–Kier alpha value is -2.30. The number of rotatable bonds is 3. The minimum Gasteiger partial charge on any atom is -0.478 e. The van der Waals surface area contributed by atoms with Crippen molar-refractivity contribution < 1.29 is 23.1 Å². The maximum Gasteiger partial charge on any atom is 0.416 e. The summed E-state index contributed by atoms with van der Waals surface area (Å²) in [5, 5.41) is 9.34. The van der Waals surface area contributed by atoms with Crippen LogP contribution in [0.15, 0.2) is 42.5 Å². The predicted octanol–water partition coefficient (Wildman–Crippen LogP) is 5.19. The third kappa shape index (κ3) is 3.13. The lowest BCUT2D eigenvalue weighted by atomic mass is 9.88. The molecule has 0 radical (unpaired) electrons. The van der Waals surface area contributed by atoms with E-state index in [1.807, 2.05) is 13.8 Å². The molecule has 116 valence electrons. The average molecular weight is 308 g/mol. The topological polar surface area (TPSA) is 37.3 Å². The van der Waals surface area contributed by atoms with Crippen molar-refractivity contribution in [2.75, 3.05) is 0 Å². The monoisotopic (exact) mass is 308 g/mol. The second-order valence-corrected chi connectivity index (χ2v) is 5.30. The minimum atomic E-state index is -4.41. The molecule has 2 aromatic rings. The van der Waals surface area contributed by atoms with E-state index < -0.39 is 17.7 Å². The molecule has 2 rings (SSSR count). The zero-order valence-corrected chi connectivity index (χ0v) is 12.1. The Bertz CT molecular complexity index is 686. The van der Waals surface area contributed by atoms with Crippen molar-refractivity contribution in [2.45, 2.75) is 25.9 Å². The van der Waals surface area contributed by atoms with Gasteiger partial charge in [-0.25, -0.2) is 4.79 Å². The van der Waals surface area contributed by atoms with Crippen LogP contribution >= 0.6 is 0 Å². The highest BCUT2D eigenvalue weighted by Crippen LogP contribution is 2.35. The van der Waals surface area contributed by atoms with E-state index in [9.17, 15) is 23.1 Å². The first-order valence-corrected chi connectivity index (χ1v) is 6.75. The van der Waals surface area contributed by atoms with E-state index in [0.717, 1.165) is 17.7 Å². The molecule has 0 saturated carbocycles. The van der Waals surface area contributed by atoms with Crippen molar-refractivity contribution in [1.82, 2.24) is 0 Å². The van der Waals surface area contributed by atoms with Crippen molar-refractivity contribution in [3.05, 3.63) is 59.2 Å². The van der Waals surface area contributed by atoms with Gasteiger partial charge in [0.25, 0.3) is 0 Å². The number of hydrogen-bond acceptors (Lipinski definition) is 1. The second kappa shape index (κ2) is 5.83. The number of benzene rings is 2. The molecule has 22 heavy (non-hydrogen) atoms. The molecule has 0 aliphatic heterocycles. The molecule has 2 nitrogen and oxygen atoms in total. The summed E-state index contributed by atoms with van der Waals surface area (Å²) in [5.41, 5.74) is 1.06. The van der Waals surface area contributed by atoms with Gasteiger partial charge in [-0.15, -0.1) is 0 Å². The van der Waals surface area contributed by atoms with Crippen LogP contribution in [0.25, 0.3) is 11.1 Å². The van der Waals surface area contributed by atoms with Crippen LogP contribution in [-0.4, -0.2) is 11.1 Å².